The van der Waals surface area contributed by atoms with Gasteiger partial charge in [-0.25, -0.2) is 9.97 Å². The predicted molar refractivity (Wildman–Crippen MR) is 244 cm³/mol. The average molecular weight is 756 g/mol. The van der Waals surface area contributed by atoms with Gasteiger partial charge < -0.3 is 8.97 Å². The Morgan fingerprint density at radius 1 is 0.379 bits per heavy atom. The lowest BCUT2D eigenvalue weighted by molar-refractivity contribution is 1.02. The highest BCUT2D eigenvalue weighted by Gasteiger charge is 2.26. The van der Waals surface area contributed by atoms with Crippen molar-refractivity contribution in [3.63, 3.8) is 0 Å². The molecule has 5 nitrogen and oxygen atoms in total. The third kappa shape index (κ3) is 3.85. The number of thiophene rings is 1. The summed E-state index contributed by atoms with van der Waals surface area (Å²) in [5, 5.41) is 12.1. The topological polar surface area (TPSA) is 40.0 Å². The Morgan fingerprint density at radius 2 is 0.948 bits per heavy atom. The fourth-order valence-corrected chi connectivity index (χ4v) is 11.1. The molecule has 0 saturated carbocycles. The molecule has 0 fully saturated rings. The smallest absolute Gasteiger partial charge is 0.236 e. The van der Waals surface area contributed by atoms with Gasteiger partial charge in [0.25, 0.3) is 0 Å². The number of rotatable bonds is 3. The van der Waals surface area contributed by atoms with E-state index in [0.29, 0.717) is 5.95 Å². The van der Waals surface area contributed by atoms with E-state index in [9.17, 15) is 0 Å². The molecule has 0 atom stereocenters. The molecular weight excluding hydrogens is 727 g/mol. The van der Waals surface area contributed by atoms with E-state index in [1.54, 1.807) is 11.3 Å². The van der Waals surface area contributed by atoms with Gasteiger partial charge in [-0.3, -0.25) is 4.57 Å². The highest BCUT2D eigenvalue weighted by atomic mass is 32.1. The molecule has 6 heteroatoms. The second kappa shape index (κ2) is 11.1. The van der Waals surface area contributed by atoms with Crippen molar-refractivity contribution in [1.82, 2.24) is 23.5 Å². The highest BCUT2D eigenvalue weighted by Crippen LogP contribution is 2.47. The van der Waals surface area contributed by atoms with Crippen molar-refractivity contribution < 1.29 is 0 Å². The third-order valence-electron chi connectivity index (χ3n) is 12.4. The first kappa shape index (κ1) is 30.7. The molecule has 0 spiro atoms. The van der Waals surface area contributed by atoms with Gasteiger partial charge in [0.1, 0.15) is 4.83 Å². The Balaban J connectivity index is 1.13. The maximum atomic E-state index is 5.70. The molecule has 0 bridgehead atoms. The van der Waals surface area contributed by atoms with E-state index >= 15 is 0 Å². The Bertz CT molecular complexity index is 4030. The second-order valence-corrected chi connectivity index (χ2v) is 16.4. The normalized spacial score (nSPS) is 12.5. The third-order valence-corrected chi connectivity index (χ3v) is 13.5. The first-order valence-corrected chi connectivity index (χ1v) is 20.5. The molecule has 0 saturated heterocycles. The van der Waals surface area contributed by atoms with Crippen LogP contribution < -0.4 is 0 Å². The summed E-state index contributed by atoms with van der Waals surface area (Å²) >= 11 is 1.74. The molecule has 0 unspecified atom stereocenters. The van der Waals surface area contributed by atoms with Crippen molar-refractivity contribution in [1.29, 1.82) is 0 Å². The van der Waals surface area contributed by atoms with E-state index < -0.39 is 0 Å². The van der Waals surface area contributed by atoms with Crippen molar-refractivity contribution in [2.45, 2.75) is 0 Å². The molecule has 0 aliphatic carbocycles. The second-order valence-electron chi connectivity index (χ2n) is 15.3. The predicted octanol–water partition coefficient (Wildman–Crippen LogP) is 13.9. The zero-order valence-electron chi connectivity index (χ0n) is 30.9. The number of fused-ring (bicyclic) bond motifs is 16. The summed E-state index contributed by atoms with van der Waals surface area (Å²) < 4.78 is 8.37. The summed E-state index contributed by atoms with van der Waals surface area (Å²) in [6.07, 6.45) is 0. The molecule has 0 aliphatic heterocycles. The van der Waals surface area contributed by atoms with Crippen LogP contribution >= 0.6 is 11.3 Å². The van der Waals surface area contributed by atoms with Crippen LogP contribution in [0.4, 0.5) is 0 Å². The summed E-state index contributed by atoms with van der Waals surface area (Å²) in [6.45, 7) is 0. The summed E-state index contributed by atoms with van der Waals surface area (Å²) in [4.78, 5) is 12.2. The molecular formula is C52H29N5S. The summed E-state index contributed by atoms with van der Waals surface area (Å²) in [5.74, 6) is 0.676. The van der Waals surface area contributed by atoms with E-state index in [2.05, 4.69) is 189 Å². The molecule has 268 valence electrons. The average Bonchev–Trinajstić information content (AvgIpc) is 4.08. The lowest BCUT2D eigenvalue weighted by atomic mass is 10.0. The molecule has 0 amide bonds. The minimum absolute atomic E-state index is 0.676. The number of hydrogen-bond donors (Lipinski definition) is 0. The van der Waals surface area contributed by atoms with Gasteiger partial charge in [-0.1, -0.05) is 115 Å². The van der Waals surface area contributed by atoms with Crippen molar-refractivity contribution in [3.05, 3.63) is 176 Å². The van der Waals surface area contributed by atoms with Crippen molar-refractivity contribution in [2.24, 2.45) is 0 Å². The van der Waals surface area contributed by atoms with Crippen molar-refractivity contribution in [2.75, 3.05) is 0 Å². The minimum Gasteiger partial charge on any atom is -0.309 e. The fraction of sp³-hybridized carbons (Fsp3) is 0. The molecule has 58 heavy (non-hydrogen) atoms. The summed E-state index contributed by atoms with van der Waals surface area (Å²) in [7, 11) is 0. The van der Waals surface area contributed by atoms with Gasteiger partial charge in [-0.05, 0) is 60.7 Å². The highest BCUT2D eigenvalue weighted by molar-refractivity contribution is 7.25. The van der Waals surface area contributed by atoms with Gasteiger partial charge in [0.05, 0.1) is 44.3 Å². The minimum atomic E-state index is 0.676. The largest absolute Gasteiger partial charge is 0.309 e. The molecule has 0 radical (unpaired) electrons. The first-order valence-electron chi connectivity index (χ1n) is 19.7. The van der Waals surface area contributed by atoms with E-state index in [1.807, 2.05) is 0 Å². The molecule has 6 heterocycles. The van der Waals surface area contributed by atoms with E-state index in [-0.39, 0.29) is 0 Å². The van der Waals surface area contributed by atoms with Gasteiger partial charge in [-0.15, -0.1) is 11.3 Å². The molecule has 0 N–H and O–H groups in total. The molecule has 0 aliphatic rings. The van der Waals surface area contributed by atoms with E-state index in [0.717, 1.165) is 38.2 Å². The fourth-order valence-electron chi connectivity index (χ4n) is 10.1. The zero-order valence-corrected chi connectivity index (χ0v) is 31.7. The number of benzene rings is 8. The van der Waals surface area contributed by atoms with Gasteiger partial charge in [0, 0.05) is 69.8 Å². The van der Waals surface area contributed by atoms with Crippen LogP contribution in [0.25, 0.3) is 125 Å². The summed E-state index contributed by atoms with van der Waals surface area (Å²) in [6, 6.07) is 63.7. The maximum absolute atomic E-state index is 5.70. The number of hydrogen-bond acceptors (Lipinski definition) is 3. The Labute approximate surface area is 334 Å². The van der Waals surface area contributed by atoms with Crippen LogP contribution in [0.1, 0.15) is 0 Å². The molecule has 14 rings (SSSR count). The Morgan fingerprint density at radius 3 is 1.72 bits per heavy atom. The van der Waals surface area contributed by atoms with Crippen LogP contribution in [-0.2, 0) is 0 Å². The Hall–Kier alpha value is -7.54. The number of nitrogens with zero attached hydrogens (tertiary/aromatic N) is 5. The molecule has 14 aromatic rings. The van der Waals surface area contributed by atoms with Crippen molar-refractivity contribution >= 4 is 113 Å². The maximum Gasteiger partial charge on any atom is 0.236 e. The monoisotopic (exact) mass is 755 g/mol. The quantitative estimate of drug-likeness (QED) is 0.180. The first-order chi connectivity index (χ1) is 28.8. The number of para-hydroxylation sites is 5. The van der Waals surface area contributed by atoms with Gasteiger partial charge in [0.15, 0.2) is 0 Å². The van der Waals surface area contributed by atoms with E-state index in [1.165, 1.54) is 80.8 Å². The number of aromatic nitrogens is 5. The SMILES string of the molecule is c1ccc(-n2c3ccccc3c3cc(-c4nc(-n5c6ccccc6c6cc7c8ccccc8n8c9ccccc9c(c65)c78)nc5sc6ccccc6c45)ccc32)cc1. The van der Waals surface area contributed by atoms with Gasteiger partial charge in [-0.2, -0.15) is 0 Å². The van der Waals surface area contributed by atoms with Gasteiger partial charge in [0.2, 0.25) is 5.95 Å². The van der Waals surface area contributed by atoms with Gasteiger partial charge >= 0.3 is 0 Å². The lowest BCUT2D eigenvalue weighted by Crippen LogP contribution is -2.03. The van der Waals surface area contributed by atoms with E-state index in [4.69, 9.17) is 9.97 Å². The van der Waals surface area contributed by atoms with Crippen LogP contribution in [0, 0.1) is 0 Å². The Kier molecular flexibility index (Phi) is 5.85. The van der Waals surface area contributed by atoms with Crippen molar-refractivity contribution in [3.8, 4) is 22.9 Å². The van der Waals surface area contributed by atoms with Crippen LogP contribution in [0.5, 0.6) is 0 Å². The lowest BCUT2D eigenvalue weighted by Gasteiger charge is -2.12. The van der Waals surface area contributed by atoms with Crippen LogP contribution in [0.3, 0.4) is 0 Å². The van der Waals surface area contributed by atoms with Crippen LogP contribution in [0.15, 0.2) is 176 Å². The zero-order chi connectivity index (χ0) is 37.6. The summed E-state index contributed by atoms with van der Waals surface area (Å²) in [5.41, 5.74) is 11.4. The van der Waals surface area contributed by atoms with Crippen LogP contribution in [-0.4, -0.2) is 23.5 Å². The molecule has 8 aromatic carbocycles. The van der Waals surface area contributed by atoms with Crippen LogP contribution in [0.2, 0.25) is 0 Å². The standard InChI is InChI=1S/C52H29N5S/c1-2-14-31(15-3-1)55-40-21-9-4-16-32(40)37-28-30(26-27-44(37)55)48-46-36-20-8-13-25-45(36)58-51(46)54-52(53-48)57-42-23-11-6-18-34(42)39-29-38-33-17-5-10-22-41(33)56-43-24-12-7-19-35(43)47(49(38)56)50(39)57/h1-29H. The molecule has 6 aromatic heterocycles.